The van der Waals surface area contributed by atoms with Crippen molar-refractivity contribution >= 4 is 23.1 Å². The van der Waals surface area contributed by atoms with Crippen molar-refractivity contribution in [3.8, 4) is 0 Å². The van der Waals surface area contributed by atoms with Crippen molar-refractivity contribution in [3.63, 3.8) is 0 Å². The lowest BCUT2D eigenvalue weighted by atomic mass is 10.0. The van der Waals surface area contributed by atoms with Crippen molar-refractivity contribution in [3.05, 3.63) is 41.4 Å². The first-order valence-electron chi connectivity index (χ1n) is 4.27. The Kier molecular flexibility index (Phi) is 3.88. The van der Waals surface area contributed by atoms with Gasteiger partial charge < -0.3 is 9.84 Å². The van der Waals surface area contributed by atoms with Crippen LogP contribution >= 0.6 is 11.6 Å². The quantitative estimate of drug-likeness (QED) is 0.801. The van der Waals surface area contributed by atoms with Crippen LogP contribution in [0.2, 0.25) is 5.02 Å². The maximum absolute atomic E-state index is 11.0. The zero-order chi connectivity index (χ0) is 11.4. The van der Waals surface area contributed by atoms with Crippen molar-refractivity contribution < 1.29 is 14.6 Å². The number of aliphatic hydroxyl groups excluding tert-OH is 1. The molecule has 0 aliphatic heterocycles. The molecule has 0 radical (unpaired) electrons. The number of esters is 1. The number of carbonyl (C=O) groups excluding carboxylic acids is 1. The van der Waals surface area contributed by atoms with Gasteiger partial charge in [0.1, 0.15) is 0 Å². The van der Waals surface area contributed by atoms with Gasteiger partial charge in [-0.2, -0.15) is 0 Å². The monoisotopic (exact) mass is 226 g/mol. The van der Waals surface area contributed by atoms with E-state index in [1.165, 1.54) is 7.11 Å². The molecule has 1 unspecified atom stereocenters. The molecular formula is C11H11ClO3. The van der Waals surface area contributed by atoms with Gasteiger partial charge >= 0.3 is 5.97 Å². The van der Waals surface area contributed by atoms with Gasteiger partial charge in [0.2, 0.25) is 0 Å². The van der Waals surface area contributed by atoms with Crippen LogP contribution in [0.25, 0.3) is 5.57 Å². The molecule has 0 aromatic heterocycles. The molecule has 15 heavy (non-hydrogen) atoms. The molecular weight excluding hydrogens is 216 g/mol. The Labute approximate surface area is 92.9 Å². The summed E-state index contributed by atoms with van der Waals surface area (Å²) in [5.74, 6) is -0.727. The predicted molar refractivity (Wildman–Crippen MR) is 58.5 cm³/mol. The van der Waals surface area contributed by atoms with Gasteiger partial charge in [-0.1, -0.05) is 30.3 Å². The van der Waals surface area contributed by atoms with Crippen LogP contribution in [0.3, 0.4) is 0 Å². The third-order valence-corrected chi connectivity index (χ3v) is 2.22. The molecule has 0 fully saturated rings. The third kappa shape index (κ3) is 2.81. The van der Waals surface area contributed by atoms with Gasteiger partial charge in [-0.25, -0.2) is 4.79 Å². The number of rotatable bonds is 3. The van der Waals surface area contributed by atoms with E-state index in [4.69, 9.17) is 11.6 Å². The predicted octanol–water partition coefficient (Wildman–Crippen LogP) is 1.89. The van der Waals surface area contributed by atoms with E-state index in [2.05, 4.69) is 11.3 Å². The lowest BCUT2D eigenvalue weighted by molar-refractivity contribution is -0.147. The standard InChI is InChI=1S/C11H11ClO3/c1-7(10(13)11(14)15-2)8-3-5-9(12)6-4-8/h3-6,10,13H,1H2,2H3. The SMILES string of the molecule is C=C(c1ccc(Cl)cc1)C(O)C(=O)OC. The van der Waals surface area contributed by atoms with E-state index in [1.807, 2.05) is 0 Å². The Bertz CT molecular complexity index is 370. The van der Waals surface area contributed by atoms with Gasteiger partial charge in [0.05, 0.1) is 7.11 Å². The maximum Gasteiger partial charge on any atom is 0.339 e. The molecule has 4 heteroatoms. The lowest BCUT2D eigenvalue weighted by Gasteiger charge is -2.11. The van der Waals surface area contributed by atoms with E-state index in [1.54, 1.807) is 24.3 Å². The average molecular weight is 227 g/mol. The summed E-state index contributed by atoms with van der Waals surface area (Å²) in [5, 5.41) is 10.1. The normalized spacial score (nSPS) is 11.9. The van der Waals surface area contributed by atoms with Crippen LogP contribution in [0.15, 0.2) is 30.8 Å². The van der Waals surface area contributed by atoms with E-state index in [9.17, 15) is 9.90 Å². The summed E-state index contributed by atoms with van der Waals surface area (Å²) in [7, 11) is 1.21. The number of hydrogen-bond donors (Lipinski definition) is 1. The van der Waals surface area contributed by atoms with Crippen molar-refractivity contribution in [2.24, 2.45) is 0 Å². The fraction of sp³-hybridized carbons (Fsp3) is 0.182. The largest absolute Gasteiger partial charge is 0.467 e. The summed E-state index contributed by atoms with van der Waals surface area (Å²) in [6, 6.07) is 6.67. The van der Waals surface area contributed by atoms with Crippen LogP contribution in [0.1, 0.15) is 5.56 Å². The maximum atomic E-state index is 11.0. The first-order chi connectivity index (χ1) is 7.06. The number of hydrogen-bond acceptors (Lipinski definition) is 3. The third-order valence-electron chi connectivity index (χ3n) is 1.97. The van der Waals surface area contributed by atoms with E-state index >= 15 is 0 Å². The van der Waals surface area contributed by atoms with Gasteiger partial charge in [0.25, 0.3) is 0 Å². The van der Waals surface area contributed by atoms with Crippen molar-refractivity contribution in [1.29, 1.82) is 0 Å². The molecule has 1 aromatic rings. The van der Waals surface area contributed by atoms with E-state index in [0.717, 1.165) is 0 Å². The van der Waals surface area contributed by atoms with Crippen LogP contribution in [0.5, 0.6) is 0 Å². The Morgan fingerprint density at radius 2 is 2.00 bits per heavy atom. The van der Waals surface area contributed by atoms with Gasteiger partial charge in [0, 0.05) is 5.02 Å². The molecule has 0 heterocycles. The minimum Gasteiger partial charge on any atom is -0.467 e. The molecule has 1 rings (SSSR count). The molecule has 1 aromatic carbocycles. The number of methoxy groups -OCH3 is 1. The smallest absolute Gasteiger partial charge is 0.339 e. The lowest BCUT2D eigenvalue weighted by Crippen LogP contribution is -2.22. The molecule has 0 spiro atoms. The minimum atomic E-state index is -1.34. The molecule has 1 atom stereocenters. The van der Waals surface area contributed by atoms with Crippen molar-refractivity contribution in [2.45, 2.75) is 6.10 Å². The van der Waals surface area contributed by atoms with Crippen molar-refractivity contribution in [2.75, 3.05) is 7.11 Å². The molecule has 1 N–H and O–H groups in total. The van der Waals surface area contributed by atoms with Crippen LogP contribution in [-0.4, -0.2) is 24.3 Å². The van der Waals surface area contributed by atoms with E-state index in [-0.39, 0.29) is 0 Å². The molecule has 0 aliphatic rings. The number of benzene rings is 1. The molecule has 0 saturated heterocycles. The van der Waals surface area contributed by atoms with Crippen LogP contribution in [0, 0.1) is 0 Å². The average Bonchev–Trinajstić information content (AvgIpc) is 2.27. The first-order valence-corrected chi connectivity index (χ1v) is 4.64. The zero-order valence-corrected chi connectivity index (χ0v) is 8.99. The fourth-order valence-electron chi connectivity index (χ4n) is 1.08. The first kappa shape index (κ1) is 11.8. The van der Waals surface area contributed by atoms with Gasteiger partial charge in [0.15, 0.2) is 6.10 Å². The van der Waals surface area contributed by atoms with Crippen LogP contribution in [0.4, 0.5) is 0 Å². The highest BCUT2D eigenvalue weighted by Gasteiger charge is 2.19. The topological polar surface area (TPSA) is 46.5 Å². The Morgan fingerprint density at radius 3 is 2.47 bits per heavy atom. The summed E-state index contributed by atoms with van der Waals surface area (Å²) in [6.45, 7) is 3.63. The second-order valence-electron chi connectivity index (χ2n) is 2.96. The molecule has 0 aliphatic carbocycles. The van der Waals surface area contributed by atoms with E-state index in [0.29, 0.717) is 16.2 Å². The number of aliphatic hydroxyl groups is 1. The zero-order valence-electron chi connectivity index (χ0n) is 8.24. The van der Waals surface area contributed by atoms with Gasteiger partial charge in [-0.05, 0) is 23.3 Å². The molecule has 80 valence electrons. The second-order valence-corrected chi connectivity index (χ2v) is 3.39. The number of carbonyl (C=O) groups is 1. The Morgan fingerprint density at radius 1 is 1.47 bits per heavy atom. The Balaban J connectivity index is 2.85. The molecule has 0 saturated carbocycles. The summed E-state index contributed by atoms with van der Waals surface area (Å²) < 4.78 is 4.40. The summed E-state index contributed by atoms with van der Waals surface area (Å²) in [6.07, 6.45) is -1.34. The summed E-state index contributed by atoms with van der Waals surface area (Å²) in [5.41, 5.74) is 0.941. The molecule has 0 amide bonds. The highest BCUT2D eigenvalue weighted by Crippen LogP contribution is 2.19. The Hall–Kier alpha value is -1.32. The van der Waals surface area contributed by atoms with E-state index < -0.39 is 12.1 Å². The summed E-state index contributed by atoms with van der Waals surface area (Å²) >= 11 is 5.70. The number of ether oxygens (including phenoxy) is 1. The van der Waals surface area contributed by atoms with Crippen LogP contribution < -0.4 is 0 Å². The molecule has 3 nitrogen and oxygen atoms in total. The van der Waals surface area contributed by atoms with Gasteiger partial charge in [-0.15, -0.1) is 0 Å². The van der Waals surface area contributed by atoms with Crippen molar-refractivity contribution in [1.82, 2.24) is 0 Å². The highest BCUT2D eigenvalue weighted by molar-refractivity contribution is 6.30. The molecule has 0 bridgehead atoms. The number of halogens is 1. The highest BCUT2D eigenvalue weighted by atomic mass is 35.5. The van der Waals surface area contributed by atoms with Crippen LogP contribution in [-0.2, 0) is 9.53 Å². The fourth-order valence-corrected chi connectivity index (χ4v) is 1.20. The summed E-state index contributed by atoms with van der Waals surface area (Å²) in [4.78, 5) is 11.0. The second kappa shape index (κ2) is 4.96. The minimum absolute atomic E-state index is 0.290. The van der Waals surface area contributed by atoms with Gasteiger partial charge in [-0.3, -0.25) is 0 Å².